The molecule has 0 saturated carbocycles. The fourth-order valence-electron chi connectivity index (χ4n) is 4.77. The van der Waals surface area contributed by atoms with Crippen molar-refractivity contribution in [1.29, 1.82) is 0 Å². The minimum absolute atomic E-state index is 0.179. The zero-order valence-corrected chi connectivity index (χ0v) is 17.7. The van der Waals surface area contributed by atoms with Crippen molar-refractivity contribution in [3.8, 4) is 11.4 Å². The van der Waals surface area contributed by atoms with Gasteiger partial charge in [0.05, 0.1) is 0 Å². The number of aromatic nitrogens is 2. The number of fused-ring (bicyclic) bond motifs is 1. The first-order chi connectivity index (χ1) is 14.3. The minimum atomic E-state index is 0.179. The molecule has 2 aliphatic heterocycles. The fraction of sp³-hybridized carbons (Fsp3) is 0.522. The second-order valence-electron chi connectivity index (χ2n) is 8.21. The van der Waals surface area contributed by atoms with Crippen LogP contribution in [0.1, 0.15) is 30.5 Å². The number of carbonyl (C=O) groups is 1. The van der Waals surface area contributed by atoms with Gasteiger partial charge in [0.15, 0.2) is 5.82 Å². The molecule has 0 unspecified atom stereocenters. The van der Waals surface area contributed by atoms with Gasteiger partial charge in [0.25, 0.3) is 0 Å². The predicted octanol–water partition coefficient (Wildman–Crippen LogP) is 3.42. The molecule has 0 radical (unpaired) electrons. The lowest BCUT2D eigenvalue weighted by Gasteiger charge is -2.36. The van der Waals surface area contributed by atoms with Crippen LogP contribution in [-0.4, -0.2) is 58.5 Å². The van der Waals surface area contributed by atoms with E-state index in [0.29, 0.717) is 5.91 Å². The van der Waals surface area contributed by atoms with E-state index in [0.717, 1.165) is 87.0 Å². The molecule has 152 valence electrons. The zero-order valence-electron chi connectivity index (χ0n) is 16.8. The van der Waals surface area contributed by atoms with E-state index < -0.39 is 0 Å². The molecule has 1 aromatic heterocycles. The minimum Gasteiger partial charge on any atom is -0.356 e. The average Bonchev–Trinajstić information content (AvgIpc) is 3.28. The molecule has 0 atom stereocenters. The van der Waals surface area contributed by atoms with Crippen LogP contribution >= 0.6 is 11.8 Å². The van der Waals surface area contributed by atoms with E-state index in [-0.39, 0.29) is 5.92 Å². The Balaban J connectivity index is 1.34. The lowest BCUT2D eigenvalue weighted by Crippen LogP contribution is -2.45. The number of aryl methyl sites for hydroxylation is 1. The summed E-state index contributed by atoms with van der Waals surface area (Å²) in [5.74, 6) is 4.68. The summed E-state index contributed by atoms with van der Waals surface area (Å²) in [7, 11) is 0. The standard InChI is InChI=1S/C23H28N4OS/c28-23(27-13-15-29-16-14-27)18-9-11-26(12-10-18)22-19-7-4-8-20(19)24-21(25-22)17-5-2-1-3-6-17/h1-3,5-6,18H,4,7-16H2. The van der Waals surface area contributed by atoms with Gasteiger partial charge in [0, 0.05) is 60.4 Å². The molecule has 1 aliphatic carbocycles. The number of hydrogen-bond donors (Lipinski definition) is 0. The fourth-order valence-corrected chi connectivity index (χ4v) is 5.67. The van der Waals surface area contributed by atoms with Crippen LogP contribution in [0.2, 0.25) is 0 Å². The molecule has 5 rings (SSSR count). The van der Waals surface area contributed by atoms with Crippen LogP contribution in [0.5, 0.6) is 0 Å². The van der Waals surface area contributed by atoms with Crippen molar-refractivity contribution < 1.29 is 4.79 Å². The lowest BCUT2D eigenvalue weighted by atomic mass is 9.95. The summed E-state index contributed by atoms with van der Waals surface area (Å²) in [5, 5.41) is 0. The summed E-state index contributed by atoms with van der Waals surface area (Å²) >= 11 is 1.95. The topological polar surface area (TPSA) is 49.3 Å². The van der Waals surface area contributed by atoms with Crippen LogP contribution in [0.4, 0.5) is 5.82 Å². The molecule has 0 N–H and O–H groups in total. The summed E-state index contributed by atoms with van der Waals surface area (Å²) in [5.41, 5.74) is 3.64. The van der Waals surface area contributed by atoms with Crippen LogP contribution in [0.15, 0.2) is 30.3 Å². The monoisotopic (exact) mass is 408 g/mol. The van der Waals surface area contributed by atoms with E-state index in [1.165, 1.54) is 11.3 Å². The van der Waals surface area contributed by atoms with Gasteiger partial charge in [-0.25, -0.2) is 9.97 Å². The number of carbonyl (C=O) groups excluding carboxylic acids is 1. The second kappa shape index (κ2) is 8.34. The van der Waals surface area contributed by atoms with E-state index in [2.05, 4.69) is 21.9 Å². The molecule has 1 amide bonds. The van der Waals surface area contributed by atoms with Crippen LogP contribution in [0, 0.1) is 5.92 Å². The van der Waals surface area contributed by atoms with Crippen molar-refractivity contribution in [2.45, 2.75) is 32.1 Å². The number of thioether (sulfide) groups is 1. The Kier molecular flexibility index (Phi) is 5.44. The molecule has 0 spiro atoms. The van der Waals surface area contributed by atoms with Crippen LogP contribution in [0.25, 0.3) is 11.4 Å². The smallest absolute Gasteiger partial charge is 0.225 e. The number of anilines is 1. The molecular weight excluding hydrogens is 380 g/mol. The maximum atomic E-state index is 12.9. The van der Waals surface area contributed by atoms with Gasteiger partial charge >= 0.3 is 0 Å². The van der Waals surface area contributed by atoms with Gasteiger partial charge in [-0.3, -0.25) is 4.79 Å². The third-order valence-electron chi connectivity index (χ3n) is 6.41. The van der Waals surface area contributed by atoms with Crippen LogP contribution in [-0.2, 0) is 17.6 Å². The average molecular weight is 409 g/mol. The highest BCUT2D eigenvalue weighted by Crippen LogP contribution is 2.33. The number of hydrogen-bond acceptors (Lipinski definition) is 5. The van der Waals surface area contributed by atoms with Crippen molar-refractivity contribution in [3.63, 3.8) is 0 Å². The second-order valence-corrected chi connectivity index (χ2v) is 9.44. The predicted molar refractivity (Wildman–Crippen MR) is 118 cm³/mol. The Hall–Kier alpha value is -2.08. The van der Waals surface area contributed by atoms with Crippen LogP contribution in [0.3, 0.4) is 0 Å². The van der Waals surface area contributed by atoms with Gasteiger partial charge in [0.1, 0.15) is 5.82 Å². The summed E-state index contributed by atoms with van der Waals surface area (Å²) < 4.78 is 0. The molecule has 5 nitrogen and oxygen atoms in total. The summed E-state index contributed by atoms with van der Waals surface area (Å²) in [4.78, 5) is 27.3. The highest BCUT2D eigenvalue weighted by molar-refractivity contribution is 7.99. The molecular formula is C23H28N4OS. The highest BCUT2D eigenvalue weighted by atomic mass is 32.2. The zero-order chi connectivity index (χ0) is 19.6. The van der Waals surface area contributed by atoms with Gasteiger partial charge < -0.3 is 9.80 Å². The van der Waals surface area contributed by atoms with Gasteiger partial charge in [-0.15, -0.1) is 0 Å². The Morgan fingerprint density at radius 2 is 1.72 bits per heavy atom. The molecule has 3 heterocycles. The van der Waals surface area contributed by atoms with Crippen molar-refractivity contribution in [1.82, 2.24) is 14.9 Å². The summed E-state index contributed by atoms with van der Waals surface area (Å²) in [6, 6.07) is 10.3. The van der Waals surface area contributed by atoms with Crippen molar-refractivity contribution in [2.24, 2.45) is 5.92 Å². The van der Waals surface area contributed by atoms with Crippen LogP contribution < -0.4 is 4.90 Å². The molecule has 3 aliphatic rings. The number of piperidine rings is 1. The van der Waals surface area contributed by atoms with Gasteiger partial charge in [-0.1, -0.05) is 30.3 Å². The van der Waals surface area contributed by atoms with Gasteiger partial charge in [-0.2, -0.15) is 11.8 Å². The first kappa shape index (κ1) is 18.9. The molecule has 2 fully saturated rings. The van der Waals surface area contributed by atoms with Crippen molar-refractivity contribution in [3.05, 3.63) is 41.6 Å². The van der Waals surface area contributed by atoms with E-state index in [9.17, 15) is 4.79 Å². The van der Waals surface area contributed by atoms with Crippen molar-refractivity contribution >= 4 is 23.5 Å². The molecule has 1 aromatic carbocycles. The third-order valence-corrected chi connectivity index (χ3v) is 7.35. The maximum Gasteiger partial charge on any atom is 0.225 e. The Bertz CT molecular complexity index is 874. The number of amides is 1. The molecule has 6 heteroatoms. The highest BCUT2D eigenvalue weighted by Gasteiger charge is 2.31. The van der Waals surface area contributed by atoms with Gasteiger partial charge in [0.2, 0.25) is 5.91 Å². The first-order valence-corrected chi connectivity index (χ1v) is 12.0. The molecule has 2 aromatic rings. The van der Waals surface area contributed by atoms with E-state index in [4.69, 9.17) is 9.97 Å². The molecule has 2 saturated heterocycles. The number of rotatable bonds is 3. The Morgan fingerprint density at radius 3 is 2.48 bits per heavy atom. The van der Waals surface area contributed by atoms with E-state index in [1.807, 2.05) is 30.0 Å². The van der Waals surface area contributed by atoms with Crippen molar-refractivity contribution in [2.75, 3.05) is 42.6 Å². The number of nitrogens with zero attached hydrogens (tertiary/aromatic N) is 4. The third kappa shape index (κ3) is 3.87. The normalized spacial score (nSPS) is 20.0. The summed E-state index contributed by atoms with van der Waals surface area (Å²) in [6.07, 6.45) is 5.15. The number of benzene rings is 1. The van der Waals surface area contributed by atoms with E-state index in [1.54, 1.807) is 0 Å². The Labute approximate surface area is 176 Å². The SMILES string of the molecule is O=C(C1CCN(c2nc(-c3ccccc3)nc3c2CCC3)CC1)N1CCSCC1. The lowest BCUT2D eigenvalue weighted by molar-refractivity contribution is -0.135. The van der Waals surface area contributed by atoms with E-state index >= 15 is 0 Å². The Morgan fingerprint density at radius 1 is 0.966 bits per heavy atom. The largest absolute Gasteiger partial charge is 0.356 e. The summed E-state index contributed by atoms with van der Waals surface area (Å²) in [6.45, 7) is 3.67. The first-order valence-electron chi connectivity index (χ1n) is 10.9. The van der Waals surface area contributed by atoms with Gasteiger partial charge in [-0.05, 0) is 32.1 Å². The maximum absolute atomic E-state index is 12.9. The molecule has 29 heavy (non-hydrogen) atoms. The molecule has 0 bridgehead atoms. The quantitative estimate of drug-likeness (QED) is 0.779.